The normalized spacial score (nSPS) is 14.3. The maximum Gasteiger partial charge on any atom is 0.0663 e. The molecular weight excluding hydrogens is 132 g/mol. The van der Waals surface area contributed by atoms with Gasteiger partial charge in [-0.25, -0.2) is 0 Å². The minimum absolute atomic E-state index is 0.613. The first-order valence-electron chi connectivity index (χ1n) is 3.73. The molecule has 0 saturated heterocycles. The third-order valence-corrected chi connectivity index (χ3v) is 2.23. The Morgan fingerprint density at radius 1 is 1.44 bits per heavy atom. The van der Waals surface area contributed by atoms with Gasteiger partial charge in [-0.1, -0.05) is 27.2 Å². The molecule has 1 atom stereocenters. The Bertz CT molecular complexity index is 61.6. The standard InChI is InChI=1S/C8H16Cl/c1-4-6-7(3)8(9)5-2/h7H,4-6H2,1-3H3. The number of halogens is 1. The third-order valence-electron chi connectivity index (χ3n) is 1.59. The van der Waals surface area contributed by atoms with E-state index in [1.54, 1.807) is 0 Å². The van der Waals surface area contributed by atoms with Crippen molar-refractivity contribution in [2.45, 2.75) is 40.0 Å². The predicted molar refractivity (Wildman–Crippen MR) is 43.5 cm³/mol. The Morgan fingerprint density at radius 3 is 2.33 bits per heavy atom. The van der Waals surface area contributed by atoms with E-state index in [0.29, 0.717) is 5.92 Å². The smallest absolute Gasteiger partial charge is 0.0663 e. The maximum atomic E-state index is 5.91. The van der Waals surface area contributed by atoms with E-state index in [0.717, 1.165) is 11.8 Å². The van der Waals surface area contributed by atoms with Gasteiger partial charge in [0.15, 0.2) is 0 Å². The molecule has 0 aromatic rings. The molecule has 0 fully saturated rings. The summed E-state index contributed by atoms with van der Waals surface area (Å²) >= 11 is 5.91. The van der Waals surface area contributed by atoms with E-state index >= 15 is 0 Å². The van der Waals surface area contributed by atoms with Crippen LogP contribution in [0.25, 0.3) is 0 Å². The summed E-state index contributed by atoms with van der Waals surface area (Å²) in [5, 5.41) is 1.12. The highest BCUT2D eigenvalue weighted by Gasteiger charge is 2.10. The highest BCUT2D eigenvalue weighted by atomic mass is 35.5. The van der Waals surface area contributed by atoms with Gasteiger partial charge < -0.3 is 0 Å². The summed E-state index contributed by atoms with van der Waals surface area (Å²) in [6.45, 7) is 6.49. The molecular formula is C8H16Cl. The molecule has 0 rings (SSSR count). The molecule has 1 heteroatoms. The second-order valence-corrected chi connectivity index (χ2v) is 2.98. The van der Waals surface area contributed by atoms with Gasteiger partial charge in [0.2, 0.25) is 0 Å². The average Bonchev–Trinajstić information content (AvgIpc) is 1.87. The Hall–Kier alpha value is 0.290. The van der Waals surface area contributed by atoms with Crippen molar-refractivity contribution in [1.29, 1.82) is 0 Å². The molecule has 0 aromatic heterocycles. The van der Waals surface area contributed by atoms with Crippen molar-refractivity contribution in [3.63, 3.8) is 0 Å². The zero-order chi connectivity index (χ0) is 7.28. The van der Waals surface area contributed by atoms with Crippen molar-refractivity contribution in [2.24, 2.45) is 5.92 Å². The lowest BCUT2D eigenvalue weighted by atomic mass is 10.0. The number of hydrogen-bond donors (Lipinski definition) is 0. The van der Waals surface area contributed by atoms with Gasteiger partial charge in [0.1, 0.15) is 0 Å². The fraction of sp³-hybridized carbons (Fsp3) is 0.875. The predicted octanol–water partition coefficient (Wildman–Crippen LogP) is 3.60. The van der Waals surface area contributed by atoms with E-state index in [2.05, 4.69) is 20.8 Å². The summed E-state index contributed by atoms with van der Waals surface area (Å²) in [4.78, 5) is 0. The van der Waals surface area contributed by atoms with Gasteiger partial charge >= 0.3 is 0 Å². The first-order chi connectivity index (χ1) is 4.22. The van der Waals surface area contributed by atoms with E-state index in [9.17, 15) is 0 Å². The Kier molecular flexibility index (Phi) is 5.27. The lowest BCUT2D eigenvalue weighted by Crippen LogP contribution is -2.00. The number of rotatable bonds is 4. The molecule has 0 spiro atoms. The molecule has 0 nitrogen and oxygen atoms in total. The second-order valence-electron chi connectivity index (χ2n) is 2.49. The molecule has 0 aliphatic heterocycles. The molecule has 0 aromatic carbocycles. The van der Waals surface area contributed by atoms with Crippen LogP contribution in [0.2, 0.25) is 0 Å². The van der Waals surface area contributed by atoms with Gasteiger partial charge in [-0.2, -0.15) is 0 Å². The highest BCUT2D eigenvalue weighted by Crippen LogP contribution is 2.25. The molecule has 0 aliphatic rings. The van der Waals surface area contributed by atoms with E-state index < -0.39 is 0 Å². The SMILES string of the molecule is CCCC(C)[C](Cl)CC. The molecule has 1 radical (unpaired) electrons. The topological polar surface area (TPSA) is 0 Å². The van der Waals surface area contributed by atoms with E-state index in [1.165, 1.54) is 12.8 Å². The first-order valence-corrected chi connectivity index (χ1v) is 4.11. The quantitative estimate of drug-likeness (QED) is 0.570. The van der Waals surface area contributed by atoms with Crippen LogP contribution >= 0.6 is 11.6 Å². The highest BCUT2D eigenvalue weighted by molar-refractivity contribution is 6.27. The maximum absolute atomic E-state index is 5.91. The molecule has 0 saturated carbocycles. The fourth-order valence-corrected chi connectivity index (χ4v) is 1.05. The van der Waals surface area contributed by atoms with Crippen LogP contribution in [0.4, 0.5) is 0 Å². The monoisotopic (exact) mass is 147 g/mol. The van der Waals surface area contributed by atoms with E-state index in [-0.39, 0.29) is 0 Å². The summed E-state index contributed by atoms with van der Waals surface area (Å²) in [6, 6.07) is 0. The Balaban J connectivity index is 3.32. The van der Waals surface area contributed by atoms with Crippen LogP contribution < -0.4 is 0 Å². The molecule has 0 heterocycles. The summed E-state index contributed by atoms with van der Waals surface area (Å²) in [7, 11) is 0. The van der Waals surface area contributed by atoms with Gasteiger partial charge in [-0.05, 0) is 18.8 Å². The summed E-state index contributed by atoms with van der Waals surface area (Å²) in [5.41, 5.74) is 0. The van der Waals surface area contributed by atoms with Gasteiger partial charge in [-0.3, -0.25) is 0 Å². The Morgan fingerprint density at radius 2 is 2.00 bits per heavy atom. The van der Waals surface area contributed by atoms with Crippen molar-refractivity contribution in [3.8, 4) is 0 Å². The second kappa shape index (κ2) is 5.10. The van der Waals surface area contributed by atoms with Crippen LogP contribution in [0.3, 0.4) is 0 Å². The number of hydrogen-bond acceptors (Lipinski definition) is 0. The lowest BCUT2D eigenvalue weighted by molar-refractivity contribution is 0.560. The molecule has 0 amide bonds. The minimum atomic E-state index is 0.613. The lowest BCUT2D eigenvalue weighted by Gasteiger charge is -2.13. The molecule has 9 heavy (non-hydrogen) atoms. The zero-order valence-electron chi connectivity index (χ0n) is 6.58. The zero-order valence-corrected chi connectivity index (χ0v) is 7.33. The van der Waals surface area contributed by atoms with Crippen LogP contribution in [-0.2, 0) is 0 Å². The van der Waals surface area contributed by atoms with Crippen molar-refractivity contribution in [2.75, 3.05) is 0 Å². The van der Waals surface area contributed by atoms with E-state index in [4.69, 9.17) is 11.6 Å². The van der Waals surface area contributed by atoms with Crippen molar-refractivity contribution in [3.05, 3.63) is 5.38 Å². The average molecular weight is 148 g/mol. The van der Waals surface area contributed by atoms with Gasteiger partial charge in [0.25, 0.3) is 0 Å². The van der Waals surface area contributed by atoms with Crippen LogP contribution in [0, 0.1) is 11.3 Å². The minimum Gasteiger partial charge on any atom is -0.117 e. The third kappa shape index (κ3) is 3.80. The molecule has 1 unspecified atom stereocenters. The fourth-order valence-electron chi connectivity index (χ4n) is 0.938. The first kappa shape index (κ1) is 9.29. The summed E-state index contributed by atoms with van der Waals surface area (Å²) in [6.07, 6.45) is 3.48. The molecule has 0 N–H and O–H groups in total. The van der Waals surface area contributed by atoms with Crippen molar-refractivity contribution < 1.29 is 0 Å². The van der Waals surface area contributed by atoms with Gasteiger partial charge in [0.05, 0.1) is 5.38 Å². The largest absolute Gasteiger partial charge is 0.117 e. The van der Waals surface area contributed by atoms with Crippen molar-refractivity contribution >= 4 is 11.6 Å². The molecule has 55 valence electrons. The van der Waals surface area contributed by atoms with Gasteiger partial charge in [0, 0.05) is 0 Å². The van der Waals surface area contributed by atoms with E-state index in [1.807, 2.05) is 0 Å². The summed E-state index contributed by atoms with van der Waals surface area (Å²) < 4.78 is 0. The van der Waals surface area contributed by atoms with Crippen LogP contribution in [0.15, 0.2) is 0 Å². The van der Waals surface area contributed by atoms with Crippen LogP contribution in [0.1, 0.15) is 40.0 Å². The van der Waals surface area contributed by atoms with Crippen LogP contribution in [-0.4, -0.2) is 0 Å². The molecule has 0 bridgehead atoms. The van der Waals surface area contributed by atoms with Crippen molar-refractivity contribution in [1.82, 2.24) is 0 Å². The summed E-state index contributed by atoms with van der Waals surface area (Å²) in [5.74, 6) is 0.613. The Labute approximate surface area is 63.6 Å². The molecule has 0 aliphatic carbocycles. The van der Waals surface area contributed by atoms with Gasteiger partial charge in [-0.15, -0.1) is 11.6 Å². The van der Waals surface area contributed by atoms with Crippen LogP contribution in [0.5, 0.6) is 0 Å².